The normalized spacial score (nSPS) is 21.2. The number of aryl methyl sites for hydroxylation is 2. The van der Waals surface area contributed by atoms with Gasteiger partial charge in [-0.3, -0.25) is 0 Å². The molecule has 0 unspecified atom stereocenters. The van der Waals surface area contributed by atoms with Crippen molar-refractivity contribution in [2.45, 2.75) is 49.7 Å². The minimum atomic E-state index is -3.43. The summed E-state index contributed by atoms with van der Waals surface area (Å²) < 4.78 is 28.5. The number of piperidine rings is 1. The van der Waals surface area contributed by atoms with Crippen LogP contribution in [0.4, 0.5) is 0 Å². The van der Waals surface area contributed by atoms with Crippen molar-refractivity contribution in [1.29, 1.82) is 0 Å². The minimum Gasteiger partial charge on any atom is -0.333 e. The van der Waals surface area contributed by atoms with Crippen LogP contribution in [0.25, 0.3) is 0 Å². The molecule has 0 atom stereocenters. The smallest absolute Gasteiger partial charge is 0.262 e. The van der Waals surface area contributed by atoms with E-state index in [4.69, 9.17) is 5.73 Å². The van der Waals surface area contributed by atoms with Gasteiger partial charge in [-0.2, -0.15) is 4.31 Å². The molecule has 2 aliphatic rings. The van der Waals surface area contributed by atoms with Crippen LogP contribution >= 0.6 is 12.4 Å². The lowest BCUT2D eigenvalue weighted by molar-refractivity contribution is 0.319. The van der Waals surface area contributed by atoms with Gasteiger partial charge in [-0.1, -0.05) is 0 Å². The second-order valence-corrected chi connectivity index (χ2v) is 7.27. The van der Waals surface area contributed by atoms with Gasteiger partial charge in [0.15, 0.2) is 5.03 Å². The second kappa shape index (κ2) is 6.01. The summed E-state index contributed by atoms with van der Waals surface area (Å²) >= 11 is 0. The number of nitrogens with zero attached hydrogens (tertiary/aromatic N) is 3. The fourth-order valence-corrected chi connectivity index (χ4v) is 4.20. The first-order chi connectivity index (χ1) is 9.07. The Bertz CT molecular complexity index is 541. The highest BCUT2D eigenvalue weighted by molar-refractivity contribution is 7.89. The number of fused-ring (bicyclic) bond motifs is 1. The van der Waals surface area contributed by atoms with E-state index >= 15 is 0 Å². The lowest BCUT2D eigenvalue weighted by atomic mass is 10.1. The summed E-state index contributed by atoms with van der Waals surface area (Å²) in [5.74, 6) is 0.901. The van der Waals surface area contributed by atoms with E-state index in [1.165, 1.54) is 4.31 Å². The Balaban J connectivity index is 0.00000147. The molecule has 2 N–H and O–H groups in total. The molecule has 0 bridgehead atoms. The fourth-order valence-electron chi connectivity index (χ4n) is 2.76. The van der Waals surface area contributed by atoms with E-state index in [0.29, 0.717) is 13.1 Å². The molecule has 3 heterocycles. The molecule has 0 saturated carbocycles. The van der Waals surface area contributed by atoms with Crippen LogP contribution in [-0.4, -0.2) is 41.4 Å². The van der Waals surface area contributed by atoms with Crippen molar-refractivity contribution in [2.24, 2.45) is 5.73 Å². The molecule has 20 heavy (non-hydrogen) atoms. The maximum absolute atomic E-state index is 12.5. The Morgan fingerprint density at radius 2 is 1.90 bits per heavy atom. The number of halogens is 1. The maximum Gasteiger partial charge on any atom is 0.262 e. The number of imidazole rings is 1. The van der Waals surface area contributed by atoms with E-state index in [9.17, 15) is 8.42 Å². The molecule has 2 aliphatic heterocycles. The second-order valence-electron chi connectivity index (χ2n) is 5.39. The highest BCUT2D eigenvalue weighted by Gasteiger charge is 2.31. The summed E-state index contributed by atoms with van der Waals surface area (Å²) in [4.78, 5) is 4.32. The van der Waals surface area contributed by atoms with Crippen LogP contribution in [0, 0.1) is 0 Å². The zero-order chi connectivity index (χ0) is 13.5. The molecule has 1 aromatic heterocycles. The predicted molar refractivity (Wildman–Crippen MR) is 78.4 cm³/mol. The Morgan fingerprint density at radius 3 is 2.55 bits per heavy atom. The average Bonchev–Trinajstić information content (AvgIpc) is 2.83. The van der Waals surface area contributed by atoms with Crippen molar-refractivity contribution in [3.8, 4) is 0 Å². The third kappa shape index (κ3) is 2.86. The molecule has 8 heteroatoms. The number of aromatic nitrogens is 2. The number of hydrogen-bond donors (Lipinski definition) is 1. The van der Waals surface area contributed by atoms with E-state index < -0.39 is 10.0 Å². The largest absolute Gasteiger partial charge is 0.333 e. The minimum absolute atomic E-state index is 0. The van der Waals surface area contributed by atoms with Gasteiger partial charge in [-0.15, -0.1) is 12.4 Å². The Kier molecular flexibility index (Phi) is 4.73. The van der Waals surface area contributed by atoms with Gasteiger partial charge in [0.1, 0.15) is 5.82 Å². The van der Waals surface area contributed by atoms with Crippen LogP contribution in [-0.2, 0) is 23.0 Å². The summed E-state index contributed by atoms with van der Waals surface area (Å²) in [5.41, 5.74) is 5.82. The first-order valence-electron chi connectivity index (χ1n) is 6.89. The molecule has 114 valence electrons. The van der Waals surface area contributed by atoms with Gasteiger partial charge in [0, 0.05) is 38.3 Å². The molecule has 6 nitrogen and oxygen atoms in total. The number of rotatable bonds is 2. The highest BCUT2D eigenvalue weighted by atomic mass is 35.5. The van der Waals surface area contributed by atoms with Gasteiger partial charge in [0.05, 0.1) is 0 Å². The van der Waals surface area contributed by atoms with Crippen molar-refractivity contribution >= 4 is 22.4 Å². The lowest BCUT2D eigenvalue weighted by Gasteiger charge is -2.28. The van der Waals surface area contributed by atoms with E-state index in [-0.39, 0.29) is 23.5 Å². The zero-order valence-electron chi connectivity index (χ0n) is 11.4. The third-order valence-electron chi connectivity index (χ3n) is 3.99. The SMILES string of the molecule is Cl.NC1CCN(S(=O)(=O)c2cn3c(n2)CCCC3)CC1. The number of sulfonamides is 1. The maximum atomic E-state index is 12.5. The van der Waals surface area contributed by atoms with Crippen LogP contribution in [0.3, 0.4) is 0 Å². The highest BCUT2D eigenvalue weighted by Crippen LogP contribution is 2.22. The summed E-state index contributed by atoms with van der Waals surface area (Å²) in [6, 6.07) is 0.127. The molecule has 0 amide bonds. The van der Waals surface area contributed by atoms with Gasteiger partial charge >= 0.3 is 0 Å². The van der Waals surface area contributed by atoms with Crippen LogP contribution in [0.2, 0.25) is 0 Å². The Hall–Kier alpha value is -0.630. The van der Waals surface area contributed by atoms with Gasteiger partial charge in [0.25, 0.3) is 10.0 Å². The quantitative estimate of drug-likeness (QED) is 0.872. The monoisotopic (exact) mass is 320 g/mol. The van der Waals surface area contributed by atoms with Gasteiger partial charge in [0.2, 0.25) is 0 Å². The lowest BCUT2D eigenvalue weighted by Crippen LogP contribution is -2.42. The molecular weight excluding hydrogens is 300 g/mol. The first-order valence-corrected chi connectivity index (χ1v) is 8.33. The molecular formula is C12H21ClN4O2S. The standard InChI is InChI=1S/C12H20N4O2S.ClH/c13-10-4-7-16(8-5-10)19(17,18)12-9-15-6-2-1-3-11(15)14-12;/h9-10H,1-8,13H2;1H. The summed E-state index contributed by atoms with van der Waals surface area (Å²) in [6.07, 6.45) is 6.22. The van der Waals surface area contributed by atoms with Crippen molar-refractivity contribution in [2.75, 3.05) is 13.1 Å². The average molecular weight is 321 g/mol. The van der Waals surface area contributed by atoms with Gasteiger partial charge in [-0.05, 0) is 25.7 Å². The van der Waals surface area contributed by atoms with Crippen LogP contribution in [0.15, 0.2) is 11.2 Å². The summed E-state index contributed by atoms with van der Waals surface area (Å²) in [6.45, 7) is 1.89. The fraction of sp³-hybridized carbons (Fsp3) is 0.750. The molecule has 3 rings (SSSR count). The summed E-state index contributed by atoms with van der Waals surface area (Å²) in [7, 11) is -3.43. The molecule has 0 aliphatic carbocycles. The molecule has 1 saturated heterocycles. The van der Waals surface area contributed by atoms with Crippen molar-refractivity contribution in [3.05, 3.63) is 12.0 Å². The van der Waals surface area contributed by atoms with E-state index in [0.717, 1.165) is 44.5 Å². The summed E-state index contributed by atoms with van der Waals surface area (Å²) in [5, 5.41) is 0.208. The van der Waals surface area contributed by atoms with Crippen LogP contribution in [0.5, 0.6) is 0 Å². The topological polar surface area (TPSA) is 81.2 Å². The number of nitrogens with two attached hydrogens (primary N) is 1. The zero-order valence-corrected chi connectivity index (χ0v) is 13.0. The van der Waals surface area contributed by atoms with E-state index in [2.05, 4.69) is 4.98 Å². The van der Waals surface area contributed by atoms with E-state index in [1.807, 2.05) is 4.57 Å². The van der Waals surface area contributed by atoms with Gasteiger partial charge in [-0.25, -0.2) is 13.4 Å². The molecule has 0 radical (unpaired) electrons. The van der Waals surface area contributed by atoms with Crippen molar-refractivity contribution < 1.29 is 8.42 Å². The van der Waals surface area contributed by atoms with Crippen LogP contribution in [0.1, 0.15) is 31.5 Å². The number of hydrogen-bond acceptors (Lipinski definition) is 4. The van der Waals surface area contributed by atoms with E-state index in [1.54, 1.807) is 6.20 Å². The van der Waals surface area contributed by atoms with Crippen molar-refractivity contribution in [3.63, 3.8) is 0 Å². The Labute approximate surface area is 125 Å². The molecule has 0 aromatic carbocycles. The van der Waals surface area contributed by atoms with Crippen LogP contribution < -0.4 is 5.73 Å². The molecule has 0 spiro atoms. The predicted octanol–water partition coefficient (Wildman–Crippen LogP) is 0.753. The molecule has 1 fully saturated rings. The first kappa shape index (κ1) is 15.8. The molecule has 1 aromatic rings. The van der Waals surface area contributed by atoms with Crippen molar-refractivity contribution in [1.82, 2.24) is 13.9 Å². The van der Waals surface area contributed by atoms with Gasteiger partial charge < -0.3 is 10.3 Å². The Morgan fingerprint density at radius 1 is 1.20 bits per heavy atom. The third-order valence-corrected chi connectivity index (χ3v) is 5.76.